The molecule has 0 unspecified atom stereocenters. The molecule has 21 heavy (non-hydrogen) atoms. The third-order valence-electron chi connectivity index (χ3n) is 3.07. The zero-order valence-corrected chi connectivity index (χ0v) is 13.0. The third kappa shape index (κ3) is 3.87. The van der Waals surface area contributed by atoms with Crippen molar-refractivity contribution < 1.29 is 9.47 Å². The van der Waals surface area contributed by atoms with Crippen molar-refractivity contribution in [1.82, 2.24) is 14.8 Å². The van der Waals surface area contributed by atoms with E-state index in [2.05, 4.69) is 29.2 Å². The Bertz CT molecular complexity index is 581. The highest BCUT2D eigenvalue weighted by atomic mass is 16.5. The second-order valence-corrected chi connectivity index (χ2v) is 5.18. The first kappa shape index (κ1) is 15.2. The molecule has 0 aliphatic rings. The predicted octanol–water partition coefficient (Wildman–Crippen LogP) is 2.56. The van der Waals surface area contributed by atoms with Crippen LogP contribution in [0.2, 0.25) is 0 Å². The fourth-order valence-electron chi connectivity index (χ4n) is 2.05. The molecular formula is C15H22N4O2. The molecule has 0 spiro atoms. The second kappa shape index (κ2) is 6.97. The van der Waals surface area contributed by atoms with Crippen molar-refractivity contribution in [2.24, 2.45) is 5.92 Å². The fraction of sp³-hybridized carbons (Fsp3) is 0.467. The van der Waals surface area contributed by atoms with Gasteiger partial charge in [0.25, 0.3) is 0 Å². The van der Waals surface area contributed by atoms with Crippen LogP contribution in [-0.4, -0.2) is 29.0 Å². The van der Waals surface area contributed by atoms with Crippen LogP contribution in [0.15, 0.2) is 24.5 Å². The maximum atomic E-state index is 5.29. The summed E-state index contributed by atoms with van der Waals surface area (Å²) in [6.45, 7) is 5.80. The van der Waals surface area contributed by atoms with Crippen LogP contribution in [0.5, 0.6) is 11.5 Å². The Balaban J connectivity index is 2.05. The molecule has 6 nitrogen and oxygen atoms in total. The third-order valence-corrected chi connectivity index (χ3v) is 3.07. The van der Waals surface area contributed by atoms with Gasteiger partial charge in [-0.1, -0.05) is 13.8 Å². The van der Waals surface area contributed by atoms with Crippen LogP contribution in [0.3, 0.4) is 0 Å². The summed E-state index contributed by atoms with van der Waals surface area (Å²) in [5.74, 6) is 2.86. The molecule has 1 heterocycles. The highest BCUT2D eigenvalue weighted by Gasteiger charge is 2.08. The molecule has 1 N–H and O–H groups in total. The van der Waals surface area contributed by atoms with E-state index >= 15 is 0 Å². The maximum absolute atomic E-state index is 5.29. The smallest absolute Gasteiger partial charge is 0.162 e. The summed E-state index contributed by atoms with van der Waals surface area (Å²) < 4.78 is 12.4. The van der Waals surface area contributed by atoms with Gasteiger partial charge >= 0.3 is 0 Å². The highest BCUT2D eigenvalue weighted by molar-refractivity contribution is 5.54. The number of aromatic nitrogens is 3. The van der Waals surface area contributed by atoms with Gasteiger partial charge in [0.15, 0.2) is 11.5 Å². The molecule has 0 amide bonds. The van der Waals surface area contributed by atoms with E-state index in [1.54, 1.807) is 20.5 Å². The largest absolute Gasteiger partial charge is 0.493 e. The minimum absolute atomic E-state index is 0.534. The lowest BCUT2D eigenvalue weighted by Crippen LogP contribution is -2.13. The van der Waals surface area contributed by atoms with Crippen LogP contribution in [-0.2, 0) is 13.1 Å². The first-order valence-electron chi connectivity index (χ1n) is 6.96. The number of benzene rings is 1. The summed E-state index contributed by atoms with van der Waals surface area (Å²) in [7, 11) is 3.25. The summed E-state index contributed by atoms with van der Waals surface area (Å²) >= 11 is 0. The van der Waals surface area contributed by atoms with E-state index in [0.717, 1.165) is 18.1 Å². The van der Waals surface area contributed by atoms with Crippen LogP contribution in [0.25, 0.3) is 0 Å². The molecule has 0 atom stereocenters. The van der Waals surface area contributed by atoms with Crippen LogP contribution in [0.1, 0.15) is 19.7 Å². The molecule has 2 aromatic rings. The van der Waals surface area contributed by atoms with Gasteiger partial charge in [0.2, 0.25) is 0 Å². The monoisotopic (exact) mass is 290 g/mol. The molecule has 114 valence electrons. The van der Waals surface area contributed by atoms with Gasteiger partial charge < -0.3 is 14.8 Å². The van der Waals surface area contributed by atoms with Gasteiger partial charge in [0, 0.05) is 18.3 Å². The normalized spacial score (nSPS) is 10.7. The summed E-state index contributed by atoms with van der Waals surface area (Å²) in [4.78, 5) is 4.29. The van der Waals surface area contributed by atoms with Gasteiger partial charge in [-0.15, -0.1) is 0 Å². The quantitative estimate of drug-likeness (QED) is 0.849. The molecule has 0 fully saturated rings. The Morgan fingerprint density at radius 3 is 2.62 bits per heavy atom. The molecule has 0 bridgehead atoms. The first-order valence-corrected chi connectivity index (χ1v) is 6.96. The Labute approximate surface area is 125 Å². The Kier molecular flexibility index (Phi) is 5.03. The number of nitrogens with one attached hydrogen (secondary N) is 1. The molecule has 0 radical (unpaired) electrons. The molecule has 0 saturated carbocycles. The van der Waals surface area contributed by atoms with Crippen LogP contribution in [0, 0.1) is 5.92 Å². The van der Waals surface area contributed by atoms with Gasteiger partial charge in [-0.3, -0.25) is 0 Å². The van der Waals surface area contributed by atoms with Gasteiger partial charge in [0.05, 0.1) is 20.8 Å². The van der Waals surface area contributed by atoms with E-state index in [-0.39, 0.29) is 0 Å². The maximum Gasteiger partial charge on any atom is 0.162 e. The number of ether oxygens (including phenoxy) is 2. The van der Waals surface area contributed by atoms with Crippen molar-refractivity contribution in [3.63, 3.8) is 0 Å². The van der Waals surface area contributed by atoms with Crippen molar-refractivity contribution >= 4 is 5.69 Å². The van der Waals surface area contributed by atoms with Gasteiger partial charge in [-0.25, -0.2) is 9.67 Å². The van der Waals surface area contributed by atoms with Gasteiger partial charge in [-0.05, 0) is 18.1 Å². The minimum Gasteiger partial charge on any atom is -0.493 e. The van der Waals surface area contributed by atoms with Crippen molar-refractivity contribution in [2.45, 2.75) is 26.9 Å². The number of rotatable bonds is 7. The van der Waals surface area contributed by atoms with Crippen LogP contribution >= 0.6 is 0 Å². The van der Waals surface area contributed by atoms with Crippen molar-refractivity contribution in [2.75, 3.05) is 19.5 Å². The Hall–Kier alpha value is -2.24. The molecule has 6 heteroatoms. The van der Waals surface area contributed by atoms with Crippen molar-refractivity contribution in [1.29, 1.82) is 0 Å². The second-order valence-electron chi connectivity index (χ2n) is 5.18. The van der Waals surface area contributed by atoms with Crippen LogP contribution in [0.4, 0.5) is 5.69 Å². The molecular weight excluding hydrogens is 268 g/mol. The standard InChI is InChI=1S/C15H22N4O2/c1-11(2)9-19-15(17-10-18-19)8-16-12-5-6-13(20-3)14(7-12)21-4/h5-7,10-11,16H,8-9H2,1-4H3. The SMILES string of the molecule is COc1ccc(NCc2ncnn2CC(C)C)cc1OC. The number of anilines is 1. The lowest BCUT2D eigenvalue weighted by Gasteiger charge is -2.12. The average molecular weight is 290 g/mol. The summed E-state index contributed by atoms with van der Waals surface area (Å²) in [6, 6.07) is 5.73. The van der Waals surface area contributed by atoms with Gasteiger partial charge in [-0.2, -0.15) is 5.10 Å². The predicted molar refractivity (Wildman–Crippen MR) is 81.7 cm³/mol. The van der Waals surface area contributed by atoms with Crippen molar-refractivity contribution in [3.05, 3.63) is 30.4 Å². The molecule has 0 saturated heterocycles. The highest BCUT2D eigenvalue weighted by Crippen LogP contribution is 2.29. The minimum atomic E-state index is 0.534. The summed E-state index contributed by atoms with van der Waals surface area (Å²) in [5, 5.41) is 7.58. The summed E-state index contributed by atoms with van der Waals surface area (Å²) in [6.07, 6.45) is 1.59. The van der Waals surface area contributed by atoms with Crippen molar-refractivity contribution in [3.8, 4) is 11.5 Å². The van der Waals surface area contributed by atoms with E-state index < -0.39 is 0 Å². The van der Waals surface area contributed by atoms with Crippen LogP contribution < -0.4 is 14.8 Å². The molecule has 0 aliphatic heterocycles. The van der Waals surface area contributed by atoms with E-state index in [1.807, 2.05) is 22.9 Å². The lowest BCUT2D eigenvalue weighted by molar-refractivity contribution is 0.355. The molecule has 1 aromatic heterocycles. The zero-order valence-electron chi connectivity index (χ0n) is 13.0. The first-order chi connectivity index (χ1) is 10.1. The average Bonchev–Trinajstić information content (AvgIpc) is 2.91. The molecule has 2 rings (SSSR count). The van der Waals surface area contributed by atoms with E-state index in [0.29, 0.717) is 24.0 Å². The lowest BCUT2D eigenvalue weighted by atomic mass is 10.2. The Morgan fingerprint density at radius 1 is 1.19 bits per heavy atom. The van der Waals surface area contributed by atoms with E-state index in [1.165, 1.54) is 0 Å². The van der Waals surface area contributed by atoms with E-state index in [9.17, 15) is 0 Å². The number of hydrogen-bond donors (Lipinski definition) is 1. The van der Waals surface area contributed by atoms with Gasteiger partial charge in [0.1, 0.15) is 12.2 Å². The van der Waals surface area contributed by atoms with E-state index in [4.69, 9.17) is 9.47 Å². The molecule has 0 aliphatic carbocycles. The number of hydrogen-bond acceptors (Lipinski definition) is 5. The fourth-order valence-corrected chi connectivity index (χ4v) is 2.05. The Morgan fingerprint density at radius 2 is 1.95 bits per heavy atom. The number of methoxy groups -OCH3 is 2. The number of nitrogens with zero attached hydrogens (tertiary/aromatic N) is 3. The zero-order chi connectivity index (χ0) is 15.2. The summed E-state index contributed by atoms with van der Waals surface area (Å²) in [5.41, 5.74) is 0.951. The topological polar surface area (TPSA) is 61.2 Å². The molecule has 1 aromatic carbocycles.